The van der Waals surface area contributed by atoms with Crippen LogP contribution in [0.25, 0.3) is 0 Å². The zero-order valence-corrected chi connectivity index (χ0v) is 13.0. The highest BCUT2D eigenvalue weighted by atomic mass is 15.2. The maximum atomic E-state index is 3.72. The van der Waals surface area contributed by atoms with Gasteiger partial charge in [0.25, 0.3) is 0 Å². The topological polar surface area (TPSA) is 15.3 Å². The minimum Gasteiger partial charge on any atom is -0.311 e. The number of aryl methyl sites for hydroxylation is 2. The van der Waals surface area contributed by atoms with Gasteiger partial charge in [0.1, 0.15) is 0 Å². The van der Waals surface area contributed by atoms with E-state index in [0.29, 0.717) is 5.54 Å². The Balaban J connectivity index is 1.57. The summed E-state index contributed by atoms with van der Waals surface area (Å²) in [7, 11) is 4.48. The molecule has 0 saturated heterocycles. The zero-order chi connectivity index (χ0) is 14.0. The van der Waals surface area contributed by atoms with Crippen LogP contribution in [0.4, 0.5) is 0 Å². The first-order valence-corrected chi connectivity index (χ1v) is 8.18. The third-order valence-electron chi connectivity index (χ3n) is 5.43. The number of rotatable bonds is 5. The molecule has 0 aromatic heterocycles. The standard InChI is InChI=1S/C18H28N2/c1-20(2)18(10-3-4-11-18)14-19-13-15-8-9-16-6-5-7-17(16)12-15/h8-9,12,19H,3-7,10-11,13-14H2,1-2H3. The smallest absolute Gasteiger partial charge is 0.0328 e. The van der Waals surface area contributed by atoms with Crippen LogP contribution in [0.2, 0.25) is 0 Å². The molecule has 0 aliphatic heterocycles. The van der Waals surface area contributed by atoms with E-state index in [4.69, 9.17) is 0 Å². The van der Waals surface area contributed by atoms with E-state index < -0.39 is 0 Å². The van der Waals surface area contributed by atoms with Crippen LogP contribution in [0.3, 0.4) is 0 Å². The lowest BCUT2D eigenvalue weighted by molar-refractivity contribution is 0.153. The van der Waals surface area contributed by atoms with E-state index in [1.54, 1.807) is 11.1 Å². The van der Waals surface area contributed by atoms with E-state index in [1.807, 2.05) is 0 Å². The molecule has 0 heterocycles. The van der Waals surface area contributed by atoms with Crippen molar-refractivity contribution in [1.29, 1.82) is 0 Å². The molecule has 3 rings (SSSR count). The molecule has 1 aromatic rings. The molecule has 2 aliphatic carbocycles. The van der Waals surface area contributed by atoms with Crippen LogP contribution in [-0.2, 0) is 19.4 Å². The summed E-state index contributed by atoms with van der Waals surface area (Å²) in [6.07, 6.45) is 9.37. The third-order valence-corrected chi connectivity index (χ3v) is 5.43. The van der Waals surface area contributed by atoms with E-state index in [9.17, 15) is 0 Å². The number of fused-ring (bicyclic) bond motifs is 1. The Kier molecular flexibility index (Phi) is 4.13. The molecule has 0 unspecified atom stereocenters. The Hall–Kier alpha value is -0.860. The first-order chi connectivity index (χ1) is 9.70. The SMILES string of the molecule is CN(C)C1(CNCc2ccc3c(c2)CCC3)CCCC1. The number of benzene rings is 1. The van der Waals surface area contributed by atoms with Crippen LogP contribution < -0.4 is 5.32 Å². The summed E-state index contributed by atoms with van der Waals surface area (Å²) >= 11 is 0. The molecule has 0 amide bonds. The fraction of sp³-hybridized carbons (Fsp3) is 0.667. The van der Waals surface area contributed by atoms with Gasteiger partial charge in [0.05, 0.1) is 0 Å². The molecule has 1 aromatic carbocycles. The molecule has 0 spiro atoms. The average Bonchev–Trinajstić information content (AvgIpc) is 3.07. The van der Waals surface area contributed by atoms with E-state index in [1.165, 1.54) is 50.5 Å². The number of nitrogens with one attached hydrogen (secondary N) is 1. The van der Waals surface area contributed by atoms with Crippen molar-refractivity contribution in [1.82, 2.24) is 10.2 Å². The van der Waals surface area contributed by atoms with Crippen LogP contribution in [0, 0.1) is 0 Å². The number of likely N-dealkylation sites (N-methyl/N-ethyl adjacent to an activating group) is 1. The van der Waals surface area contributed by atoms with Gasteiger partial charge in [0, 0.05) is 18.6 Å². The second-order valence-corrected chi connectivity index (χ2v) is 6.89. The molecule has 1 fully saturated rings. The van der Waals surface area contributed by atoms with Crippen LogP contribution >= 0.6 is 0 Å². The monoisotopic (exact) mass is 272 g/mol. The van der Waals surface area contributed by atoms with Crippen molar-refractivity contribution in [3.05, 3.63) is 34.9 Å². The summed E-state index contributed by atoms with van der Waals surface area (Å²) in [6.45, 7) is 2.14. The Morgan fingerprint density at radius 3 is 2.55 bits per heavy atom. The lowest BCUT2D eigenvalue weighted by Crippen LogP contribution is -2.49. The summed E-state index contributed by atoms with van der Waals surface area (Å²) in [5, 5.41) is 3.72. The van der Waals surface area contributed by atoms with Gasteiger partial charge in [0.15, 0.2) is 0 Å². The number of nitrogens with zero attached hydrogens (tertiary/aromatic N) is 1. The van der Waals surface area contributed by atoms with Crippen LogP contribution in [0.15, 0.2) is 18.2 Å². The van der Waals surface area contributed by atoms with Gasteiger partial charge in [-0.15, -0.1) is 0 Å². The van der Waals surface area contributed by atoms with Crippen LogP contribution in [-0.4, -0.2) is 31.1 Å². The van der Waals surface area contributed by atoms with Crippen molar-refractivity contribution in [2.75, 3.05) is 20.6 Å². The molecule has 1 saturated carbocycles. The van der Waals surface area contributed by atoms with Crippen LogP contribution in [0.1, 0.15) is 48.8 Å². The fourth-order valence-corrected chi connectivity index (χ4v) is 3.99. The van der Waals surface area contributed by atoms with Gasteiger partial charge in [-0.3, -0.25) is 0 Å². The van der Waals surface area contributed by atoms with Gasteiger partial charge in [-0.05, 0) is 62.9 Å². The third kappa shape index (κ3) is 2.77. The van der Waals surface area contributed by atoms with Crippen molar-refractivity contribution in [3.63, 3.8) is 0 Å². The minimum atomic E-state index is 0.400. The van der Waals surface area contributed by atoms with Crippen molar-refractivity contribution < 1.29 is 0 Å². The molecule has 20 heavy (non-hydrogen) atoms. The van der Waals surface area contributed by atoms with Gasteiger partial charge < -0.3 is 10.2 Å². The predicted molar refractivity (Wildman–Crippen MR) is 85.1 cm³/mol. The second-order valence-electron chi connectivity index (χ2n) is 6.89. The zero-order valence-electron chi connectivity index (χ0n) is 13.0. The van der Waals surface area contributed by atoms with Gasteiger partial charge >= 0.3 is 0 Å². The number of hydrogen-bond acceptors (Lipinski definition) is 2. The van der Waals surface area contributed by atoms with Gasteiger partial charge in [-0.1, -0.05) is 31.0 Å². The largest absolute Gasteiger partial charge is 0.311 e. The Morgan fingerprint density at radius 1 is 1.05 bits per heavy atom. The molecule has 0 bridgehead atoms. The molecule has 1 N–H and O–H groups in total. The van der Waals surface area contributed by atoms with Gasteiger partial charge in [0.2, 0.25) is 0 Å². The molecule has 2 heteroatoms. The molecular weight excluding hydrogens is 244 g/mol. The Bertz CT molecular complexity index is 458. The summed E-state index contributed by atoms with van der Waals surface area (Å²) in [4.78, 5) is 2.44. The van der Waals surface area contributed by atoms with Crippen molar-refractivity contribution >= 4 is 0 Å². The lowest BCUT2D eigenvalue weighted by Gasteiger charge is -2.36. The summed E-state index contributed by atoms with van der Waals surface area (Å²) < 4.78 is 0. The van der Waals surface area contributed by atoms with Crippen molar-refractivity contribution in [2.24, 2.45) is 0 Å². The maximum Gasteiger partial charge on any atom is 0.0328 e. The van der Waals surface area contributed by atoms with Crippen molar-refractivity contribution in [3.8, 4) is 0 Å². The molecule has 0 atom stereocenters. The first kappa shape index (κ1) is 14.1. The van der Waals surface area contributed by atoms with E-state index >= 15 is 0 Å². The first-order valence-electron chi connectivity index (χ1n) is 8.18. The minimum absolute atomic E-state index is 0.400. The van der Waals surface area contributed by atoms with E-state index in [-0.39, 0.29) is 0 Å². The summed E-state index contributed by atoms with van der Waals surface area (Å²) in [5.41, 5.74) is 5.02. The Morgan fingerprint density at radius 2 is 1.80 bits per heavy atom. The molecule has 110 valence electrons. The van der Waals surface area contributed by atoms with Gasteiger partial charge in [-0.25, -0.2) is 0 Å². The van der Waals surface area contributed by atoms with Gasteiger partial charge in [-0.2, -0.15) is 0 Å². The molecule has 0 radical (unpaired) electrons. The lowest BCUT2D eigenvalue weighted by atomic mass is 9.96. The van der Waals surface area contributed by atoms with Crippen molar-refractivity contribution in [2.45, 2.75) is 57.0 Å². The summed E-state index contributed by atoms with van der Waals surface area (Å²) in [6, 6.07) is 7.08. The highest BCUT2D eigenvalue weighted by molar-refractivity contribution is 5.35. The highest BCUT2D eigenvalue weighted by Crippen LogP contribution is 2.33. The highest BCUT2D eigenvalue weighted by Gasteiger charge is 2.35. The molecule has 2 nitrogen and oxygen atoms in total. The predicted octanol–water partition coefficient (Wildman–Crippen LogP) is 3.14. The second kappa shape index (κ2) is 5.87. The molecule has 2 aliphatic rings. The maximum absolute atomic E-state index is 3.72. The fourth-order valence-electron chi connectivity index (χ4n) is 3.99. The molecular formula is C18H28N2. The summed E-state index contributed by atoms with van der Waals surface area (Å²) in [5.74, 6) is 0. The Labute approximate surface area is 123 Å². The van der Waals surface area contributed by atoms with E-state index in [2.05, 4.69) is 42.5 Å². The van der Waals surface area contributed by atoms with Crippen LogP contribution in [0.5, 0.6) is 0 Å². The normalized spacial score (nSPS) is 20.6. The quantitative estimate of drug-likeness (QED) is 0.886. The average molecular weight is 272 g/mol. The van der Waals surface area contributed by atoms with E-state index in [0.717, 1.165) is 13.1 Å². The number of hydrogen-bond donors (Lipinski definition) is 1.